The molecule has 1 heterocycles. The van der Waals surface area contributed by atoms with Crippen LogP contribution >= 0.6 is 0 Å². The van der Waals surface area contributed by atoms with Crippen molar-refractivity contribution < 1.29 is 9.59 Å². The topological polar surface area (TPSA) is 102 Å². The van der Waals surface area contributed by atoms with Crippen LogP contribution in [0.3, 0.4) is 0 Å². The van der Waals surface area contributed by atoms with Crippen LogP contribution in [-0.4, -0.2) is 36.2 Å². The van der Waals surface area contributed by atoms with Crippen LogP contribution in [-0.2, 0) is 9.59 Å². The number of Topliss-reactive ketones (excluding diaryl/α,β-unsaturated/α-hetero) is 1. The lowest BCUT2D eigenvalue weighted by Crippen LogP contribution is -2.62. The Hall–Kier alpha value is -2.05. The lowest BCUT2D eigenvalue weighted by Gasteiger charge is -2.27. The number of rotatable bonds is 2. The average molecular weight is 274 g/mol. The van der Waals surface area contributed by atoms with Crippen molar-refractivity contribution in [2.24, 2.45) is 16.5 Å². The number of amides is 1. The molecule has 20 heavy (non-hydrogen) atoms. The van der Waals surface area contributed by atoms with Crippen LogP contribution in [0.1, 0.15) is 19.4 Å². The molecule has 2 rings (SSSR count). The number of benzene rings is 1. The molecule has 4 N–H and O–H groups in total. The lowest BCUT2D eigenvalue weighted by atomic mass is 9.99. The Kier molecular flexibility index (Phi) is 3.45. The molecule has 1 aliphatic heterocycles. The number of nitrogens with zero attached hydrogens (tertiary/aromatic N) is 2. The Morgan fingerprint density at radius 3 is 2.60 bits per heavy atom. The van der Waals surface area contributed by atoms with Gasteiger partial charge in [-0.25, -0.2) is 4.99 Å². The minimum Gasteiger partial charge on any atom is -0.322 e. The monoisotopic (exact) mass is 274 g/mol. The maximum atomic E-state index is 12.5. The number of anilines is 1. The summed E-state index contributed by atoms with van der Waals surface area (Å²) in [4.78, 5) is 30.3. The van der Waals surface area contributed by atoms with Gasteiger partial charge in [0.15, 0.2) is 0 Å². The van der Waals surface area contributed by atoms with Crippen molar-refractivity contribution >= 4 is 23.1 Å². The van der Waals surface area contributed by atoms with Crippen molar-refractivity contribution in [1.82, 2.24) is 0 Å². The van der Waals surface area contributed by atoms with E-state index < -0.39 is 23.4 Å². The minimum atomic E-state index is -1.97. The molecular weight excluding hydrogens is 256 g/mol. The van der Waals surface area contributed by atoms with Crippen LogP contribution in [0.15, 0.2) is 29.3 Å². The van der Waals surface area contributed by atoms with Crippen LogP contribution < -0.4 is 16.4 Å². The molecule has 0 saturated carbocycles. The van der Waals surface area contributed by atoms with Gasteiger partial charge in [0.05, 0.1) is 11.7 Å². The molecule has 0 spiro atoms. The van der Waals surface area contributed by atoms with Gasteiger partial charge in [0.2, 0.25) is 11.4 Å². The number of benzodiazepines with no additional fused rings is 1. The van der Waals surface area contributed by atoms with E-state index in [0.717, 1.165) is 5.56 Å². The smallest absolute Gasteiger partial charge is 0.277 e. The van der Waals surface area contributed by atoms with E-state index >= 15 is 0 Å². The Morgan fingerprint density at radius 1 is 1.40 bits per heavy atom. The molecule has 1 aliphatic rings. The van der Waals surface area contributed by atoms with Gasteiger partial charge in [0.1, 0.15) is 0 Å². The van der Waals surface area contributed by atoms with Crippen molar-refractivity contribution in [3.8, 4) is 0 Å². The number of para-hydroxylation sites is 1. The highest BCUT2D eigenvalue weighted by Gasteiger charge is 2.47. The predicted octanol–water partition coefficient (Wildman–Crippen LogP) is 0.0433. The van der Waals surface area contributed by atoms with E-state index in [-0.39, 0.29) is 0 Å². The molecule has 2 atom stereocenters. The molecule has 106 valence electrons. The zero-order valence-electron chi connectivity index (χ0n) is 11.8. The summed E-state index contributed by atoms with van der Waals surface area (Å²) >= 11 is 0. The number of fused-ring (bicyclic) bond motifs is 1. The third-order valence-electron chi connectivity index (χ3n) is 3.42. The molecule has 1 amide bonds. The first-order valence-electron chi connectivity index (χ1n) is 6.32. The van der Waals surface area contributed by atoms with Crippen LogP contribution in [0.25, 0.3) is 0 Å². The van der Waals surface area contributed by atoms with Crippen molar-refractivity contribution in [3.63, 3.8) is 0 Å². The number of nitrogens with two attached hydrogens (primary N) is 2. The number of carbonyl (C=O) groups is 2. The fourth-order valence-electron chi connectivity index (χ4n) is 2.32. The zero-order chi connectivity index (χ0) is 15.1. The summed E-state index contributed by atoms with van der Waals surface area (Å²) in [5.41, 5.74) is 11.6. The molecule has 6 nitrogen and oxygen atoms in total. The highest BCUT2D eigenvalue weighted by atomic mass is 16.2. The van der Waals surface area contributed by atoms with Crippen LogP contribution in [0.4, 0.5) is 5.69 Å². The molecule has 1 aromatic rings. The summed E-state index contributed by atoms with van der Waals surface area (Å²) < 4.78 is 0. The Labute approximate surface area is 117 Å². The summed E-state index contributed by atoms with van der Waals surface area (Å²) in [6.07, 6.45) is 0. The van der Waals surface area contributed by atoms with E-state index in [1.807, 2.05) is 18.2 Å². The number of carbonyl (C=O) groups excluding carboxylic acids is 2. The second-order valence-electron chi connectivity index (χ2n) is 5.00. The van der Waals surface area contributed by atoms with Crippen LogP contribution in [0.5, 0.6) is 0 Å². The van der Waals surface area contributed by atoms with Crippen LogP contribution in [0.2, 0.25) is 0 Å². The largest absolute Gasteiger partial charge is 0.322 e. The predicted molar refractivity (Wildman–Crippen MR) is 77.6 cm³/mol. The third kappa shape index (κ3) is 2.03. The van der Waals surface area contributed by atoms with Crippen molar-refractivity contribution in [1.29, 1.82) is 0 Å². The van der Waals surface area contributed by atoms with Gasteiger partial charge in [-0.1, -0.05) is 18.2 Å². The van der Waals surface area contributed by atoms with E-state index in [1.54, 1.807) is 20.0 Å². The van der Waals surface area contributed by atoms with E-state index in [2.05, 4.69) is 4.99 Å². The number of aliphatic imine (C=N–C) groups is 1. The molecule has 6 heteroatoms. The van der Waals surface area contributed by atoms with E-state index in [9.17, 15) is 9.59 Å². The molecular formula is C14H18N4O2. The van der Waals surface area contributed by atoms with Gasteiger partial charge < -0.3 is 10.6 Å². The van der Waals surface area contributed by atoms with Gasteiger partial charge in [0.25, 0.3) is 5.91 Å². The maximum Gasteiger partial charge on any atom is 0.277 e. The summed E-state index contributed by atoms with van der Waals surface area (Å²) in [5, 5.41) is 0. The summed E-state index contributed by atoms with van der Waals surface area (Å²) in [5.74, 6) is -1.18. The van der Waals surface area contributed by atoms with Crippen molar-refractivity contribution in [2.75, 3.05) is 11.9 Å². The zero-order valence-corrected chi connectivity index (χ0v) is 11.8. The molecule has 0 bridgehead atoms. The number of hydrogen-bond acceptors (Lipinski definition) is 5. The number of likely N-dealkylation sites (N-methyl/N-ethyl adjacent to an activating group) is 1. The van der Waals surface area contributed by atoms with E-state index in [1.165, 1.54) is 11.8 Å². The van der Waals surface area contributed by atoms with Crippen molar-refractivity contribution in [2.45, 2.75) is 25.6 Å². The fourth-order valence-corrected chi connectivity index (χ4v) is 2.32. The second kappa shape index (κ2) is 4.81. The molecule has 0 fully saturated rings. The van der Waals surface area contributed by atoms with Gasteiger partial charge >= 0.3 is 0 Å². The third-order valence-corrected chi connectivity index (χ3v) is 3.42. The van der Waals surface area contributed by atoms with Gasteiger partial charge in [-0.3, -0.25) is 15.3 Å². The molecule has 0 saturated heterocycles. The average Bonchev–Trinajstić information content (AvgIpc) is 2.50. The fraction of sp³-hybridized carbons (Fsp3) is 0.357. The molecule has 1 unspecified atom stereocenters. The summed E-state index contributed by atoms with van der Waals surface area (Å²) in [6.45, 7) is 3.22. The SMILES string of the molecule is CC1=NC(N)(C(=O)[C@H](C)N)C(=O)N(C)c2ccccc21. The molecule has 0 aliphatic carbocycles. The van der Waals surface area contributed by atoms with Gasteiger partial charge in [-0.15, -0.1) is 0 Å². The standard InChI is InChI=1S/C14H18N4O2/c1-8(15)12(19)14(16)13(20)18(3)11-7-5-4-6-10(11)9(2)17-14/h4-8H,15-16H2,1-3H3/t8-,14?/m0/s1. The Morgan fingerprint density at radius 2 is 2.00 bits per heavy atom. The van der Waals surface area contributed by atoms with E-state index in [4.69, 9.17) is 11.5 Å². The quantitative estimate of drug-likeness (QED) is 0.743. The minimum absolute atomic E-state index is 0.537. The highest BCUT2D eigenvalue weighted by Crippen LogP contribution is 2.27. The summed E-state index contributed by atoms with van der Waals surface area (Å²) in [7, 11) is 1.57. The normalized spacial score (nSPS) is 23.8. The molecule has 0 aromatic heterocycles. The Bertz CT molecular complexity index is 609. The number of ketones is 1. The molecule has 1 aromatic carbocycles. The number of hydrogen-bond donors (Lipinski definition) is 2. The van der Waals surface area contributed by atoms with Gasteiger partial charge in [0, 0.05) is 18.3 Å². The lowest BCUT2D eigenvalue weighted by molar-refractivity contribution is -0.134. The Balaban J connectivity index is 2.65. The first-order chi connectivity index (χ1) is 9.29. The van der Waals surface area contributed by atoms with Gasteiger partial charge in [-0.05, 0) is 19.9 Å². The second-order valence-corrected chi connectivity index (χ2v) is 5.00. The van der Waals surface area contributed by atoms with Gasteiger partial charge in [-0.2, -0.15) is 0 Å². The first kappa shape index (κ1) is 14.4. The van der Waals surface area contributed by atoms with E-state index in [0.29, 0.717) is 11.4 Å². The maximum absolute atomic E-state index is 12.5. The summed E-state index contributed by atoms with van der Waals surface area (Å²) in [6, 6.07) is 6.41. The van der Waals surface area contributed by atoms with Crippen molar-refractivity contribution in [3.05, 3.63) is 29.8 Å². The van der Waals surface area contributed by atoms with Crippen LogP contribution in [0, 0.1) is 0 Å². The first-order valence-corrected chi connectivity index (χ1v) is 6.32. The molecule has 0 radical (unpaired) electrons. The highest BCUT2D eigenvalue weighted by molar-refractivity contribution is 6.22.